The second kappa shape index (κ2) is 16.0. The van der Waals surface area contributed by atoms with Gasteiger partial charge in [0.25, 0.3) is 0 Å². The van der Waals surface area contributed by atoms with E-state index in [1.807, 2.05) is 25.9 Å². The summed E-state index contributed by atoms with van der Waals surface area (Å²) in [6.07, 6.45) is -5.30. The fraction of sp³-hybridized carbons (Fsp3) is 0.853. The number of nitrogens with one attached hydrogen (secondary N) is 1. The van der Waals surface area contributed by atoms with E-state index in [4.69, 9.17) is 28.4 Å². The van der Waals surface area contributed by atoms with E-state index < -0.39 is 108 Å². The lowest BCUT2D eigenvalue weighted by Gasteiger charge is -2.47. The van der Waals surface area contributed by atoms with Crippen LogP contribution in [0.25, 0.3) is 0 Å². The molecule has 1 amide bonds. The van der Waals surface area contributed by atoms with E-state index in [2.05, 4.69) is 5.32 Å². The van der Waals surface area contributed by atoms with Crippen molar-refractivity contribution in [3.05, 3.63) is 0 Å². The van der Waals surface area contributed by atoms with E-state index in [1.54, 1.807) is 34.6 Å². The summed E-state index contributed by atoms with van der Waals surface area (Å²) in [5.74, 6) is -6.26. The third-order valence-corrected chi connectivity index (χ3v) is 9.93. The van der Waals surface area contributed by atoms with Crippen LogP contribution in [0, 0.1) is 17.8 Å². The van der Waals surface area contributed by atoms with E-state index >= 15 is 0 Å². The van der Waals surface area contributed by atoms with Crippen LogP contribution < -0.4 is 5.32 Å². The van der Waals surface area contributed by atoms with Gasteiger partial charge >= 0.3 is 11.9 Å². The van der Waals surface area contributed by atoms with Gasteiger partial charge < -0.3 is 43.7 Å². The van der Waals surface area contributed by atoms with Crippen LogP contribution >= 0.6 is 0 Å². The Morgan fingerprint density at radius 2 is 1.69 bits per heavy atom. The molecule has 274 valence electrons. The molecule has 14 heteroatoms. The summed E-state index contributed by atoms with van der Waals surface area (Å²) in [6, 6.07) is -0.897. The quantitative estimate of drug-likeness (QED) is 0.316. The Labute approximate surface area is 283 Å². The molecule has 0 spiro atoms. The average molecular weight is 685 g/mol. The molecule has 0 aromatic carbocycles. The molecule has 4 heterocycles. The van der Waals surface area contributed by atoms with Gasteiger partial charge in [-0.25, -0.2) is 0 Å². The highest BCUT2D eigenvalue weighted by atomic mass is 16.7. The summed E-state index contributed by atoms with van der Waals surface area (Å²) >= 11 is 0. The second-order valence-electron chi connectivity index (χ2n) is 14.5. The first-order chi connectivity index (χ1) is 22.2. The molecule has 0 aromatic heterocycles. The van der Waals surface area contributed by atoms with E-state index in [9.17, 15) is 29.1 Å². The molecule has 4 saturated heterocycles. The minimum atomic E-state index is -1.92. The number of likely N-dealkylation sites (N-methyl/N-ethyl adjacent to an activating group) is 1. The fourth-order valence-electron chi connectivity index (χ4n) is 7.31. The van der Waals surface area contributed by atoms with Crippen molar-refractivity contribution >= 4 is 29.4 Å². The van der Waals surface area contributed by atoms with Crippen LogP contribution in [0.4, 0.5) is 0 Å². The minimum absolute atomic E-state index is 0.0664. The van der Waals surface area contributed by atoms with Crippen LogP contribution in [-0.4, -0.2) is 127 Å². The number of nitrogens with zero attached hydrogens (tertiary/aromatic N) is 1. The van der Waals surface area contributed by atoms with Gasteiger partial charge in [0.15, 0.2) is 24.0 Å². The van der Waals surface area contributed by atoms with Crippen molar-refractivity contribution in [1.29, 1.82) is 0 Å². The zero-order valence-corrected chi connectivity index (χ0v) is 30.3. The van der Waals surface area contributed by atoms with Crippen LogP contribution in [0.1, 0.15) is 81.6 Å². The number of carbonyl (C=O) groups excluding carboxylic acids is 5. The Kier molecular flexibility index (Phi) is 13.3. The highest BCUT2D eigenvalue weighted by Crippen LogP contribution is 2.37. The summed E-state index contributed by atoms with van der Waals surface area (Å²) in [5.41, 5.74) is -3.37. The fourth-order valence-corrected chi connectivity index (χ4v) is 7.31. The van der Waals surface area contributed by atoms with Gasteiger partial charge in [-0.3, -0.25) is 24.0 Å². The number of esters is 2. The van der Waals surface area contributed by atoms with Crippen molar-refractivity contribution in [2.75, 3.05) is 27.3 Å². The molecular weight excluding hydrogens is 628 g/mol. The molecule has 0 aliphatic carbocycles. The molecule has 0 saturated carbocycles. The van der Waals surface area contributed by atoms with Crippen molar-refractivity contribution in [3.8, 4) is 0 Å². The molecule has 4 rings (SSSR count). The molecule has 0 aromatic rings. The normalized spacial score (nSPS) is 42.5. The van der Waals surface area contributed by atoms with Crippen molar-refractivity contribution in [1.82, 2.24) is 10.2 Å². The topological polar surface area (TPSA) is 176 Å². The van der Waals surface area contributed by atoms with Gasteiger partial charge in [0.2, 0.25) is 5.91 Å². The van der Waals surface area contributed by atoms with Gasteiger partial charge in [-0.1, -0.05) is 20.8 Å². The first-order valence-corrected chi connectivity index (χ1v) is 16.9. The first-order valence-electron chi connectivity index (χ1n) is 16.9. The number of fused-ring (bicyclic) bond motifs is 15. The molecule has 14 nitrogen and oxygen atoms in total. The van der Waals surface area contributed by atoms with E-state index in [0.29, 0.717) is 6.42 Å². The van der Waals surface area contributed by atoms with E-state index in [0.717, 1.165) is 0 Å². The van der Waals surface area contributed by atoms with Gasteiger partial charge in [-0.15, -0.1) is 0 Å². The standard InChI is InChI=1S/C34H56N2O12/c1-12-25-34(9,42)29-21(6)30(40)35-17(2)14-33(8,44-16-23(38)15-43-29)28(19(4)26(39)20(5)31(41)47-25)48-32-27(46-22(7)37)24(36(10)11)13-18(3)45-32/h17-21,24-25,27-29,32,42H,12-16H2,1-11H3,(H,35,40)/t17-,18-,19+,20-,21-,24+,25-,27-,28-,29-,32+,33-,34-/m1/s1. The first kappa shape index (κ1) is 39.9. The molecule has 2 bridgehead atoms. The summed E-state index contributed by atoms with van der Waals surface area (Å²) in [6.45, 7) is 13.3. The largest absolute Gasteiger partial charge is 0.459 e. The molecule has 4 aliphatic rings. The lowest BCUT2D eigenvalue weighted by Crippen LogP contribution is -2.61. The lowest BCUT2D eigenvalue weighted by atomic mass is 9.79. The molecular formula is C34H56N2O12. The summed E-state index contributed by atoms with van der Waals surface area (Å²) in [5, 5.41) is 14.7. The van der Waals surface area contributed by atoms with Gasteiger partial charge in [0.1, 0.15) is 36.9 Å². The second-order valence-corrected chi connectivity index (χ2v) is 14.5. The molecule has 2 N–H and O–H groups in total. The lowest BCUT2D eigenvalue weighted by molar-refractivity contribution is -0.299. The predicted molar refractivity (Wildman–Crippen MR) is 171 cm³/mol. The monoisotopic (exact) mass is 684 g/mol. The maximum atomic E-state index is 14.2. The smallest absolute Gasteiger partial charge is 0.316 e. The van der Waals surface area contributed by atoms with Gasteiger partial charge in [0, 0.05) is 18.9 Å². The molecule has 13 atom stereocenters. The van der Waals surface area contributed by atoms with Crippen LogP contribution in [0.2, 0.25) is 0 Å². The third-order valence-electron chi connectivity index (χ3n) is 9.93. The van der Waals surface area contributed by atoms with E-state index in [1.165, 1.54) is 20.8 Å². The Bertz CT molecular complexity index is 1190. The molecule has 48 heavy (non-hydrogen) atoms. The Morgan fingerprint density at radius 3 is 2.27 bits per heavy atom. The summed E-state index contributed by atoms with van der Waals surface area (Å²) < 4.78 is 36.7. The van der Waals surface area contributed by atoms with Crippen LogP contribution in [0.3, 0.4) is 0 Å². The highest BCUT2D eigenvalue weighted by Gasteiger charge is 2.53. The molecule has 0 radical (unpaired) electrons. The average Bonchev–Trinajstić information content (AvgIpc) is 2.99. The zero-order chi connectivity index (χ0) is 36.3. The van der Waals surface area contributed by atoms with Crippen molar-refractivity contribution in [2.45, 2.75) is 142 Å². The number of ether oxygens (including phenoxy) is 6. The predicted octanol–water partition coefficient (Wildman–Crippen LogP) is 1.57. The number of carbonyl (C=O) groups is 5. The zero-order valence-electron chi connectivity index (χ0n) is 30.3. The molecule has 4 fully saturated rings. The van der Waals surface area contributed by atoms with Crippen LogP contribution in [0.5, 0.6) is 0 Å². The van der Waals surface area contributed by atoms with Gasteiger partial charge in [-0.2, -0.15) is 0 Å². The number of ketones is 2. The maximum absolute atomic E-state index is 14.2. The van der Waals surface area contributed by atoms with E-state index in [-0.39, 0.29) is 25.0 Å². The number of hydrogen-bond acceptors (Lipinski definition) is 13. The minimum Gasteiger partial charge on any atom is -0.459 e. The Morgan fingerprint density at radius 1 is 1.04 bits per heavy atom. The highest BCUT2D eigenvalue weighted by molar-refractivity contribution is 6.00. The number of rotatable bonds is 5. The number of amides is 1. The third kappa shape index (κ3) is 8.99. The number of Topliss-reactive ketones (excluding diaryl/α,β-unsaturated/α-hetero) is 2. The van der Waals surface area contributed by atoms with Crippen molar-refractivity contribution < 1.29 is 57.5 Å². The summed E-state index contributed by atoms with van der Waals surface area (Å²) in [7, 11) is 3.70. The van der Waals surface area contributed by atoms with Gasteiger partial charge in [-0.05, 0) is 68.0 Å². The number of hydrogen-bond donors (Lipinski definition) is 2. The van der Waals surface area contributed by atoms with Crippen LogP contribution in [-0.2, 0) is 52.4 Å². The van der Waals surface area contributed by atoms with Crippen molar-refractivity contribution in [2.24, 2.45) is 17.8 Å². The maximum Gasteiger partial charge on any atom is 0.316 e. The SMILES string of the molecule is CC[C@H]1OC(=O)[C@H](C)C(=O)[C@H](C)[C@@H](O[C@@H]2O[C@H](C)C[C@H](N(C)C)[C@H]2OC(C)=O)[C@@]2(C)C[C@@H](C)NC(=O)[C@H](C)[C@@H](OCC(=O)CO2)[C@]1(C)O. The van der Waals surface area contributed by atoms with Crippen LogP contribution in [0.15, 0.2) is 0 Å². The summed E-state index contributed by atoms with van der Waals surface area (Å²) in [4.78, 5) is 68.9. The van der Waals surface area contributed by atoms with Gasteiger partial charge in [0.05, 0.1) is 29.8 Å². The number of aliphatic hydroxyl groups is 1. The molecule has 4 aliphatic heterocycles. The Hall–Kier alpha value is -2.49. The Balaban J connectivity index is 2.23. The molecule has 0 unspecified atom stereocenters. The van der Waals surface area contributed by atoms with Crippen molar-refractivity contribution in [3.63, 3.8) is 0 Å².